The predicted molar refractivity (Wildman–Crippen MR) is 81.5 cm³/mol. The number of carboxylic acids is 1. The van der Waals surface area contributed by atoms with Crippen LogP contribution < -0.4 is 5.32 Å². The predicted octanol–water partition coefficient (Wildman–Crippen LogP) is 3.26. The number of hydrogen-bond acceptors (Lipinski definition) is 2. The van der Waals surface area contributed by atoms with Crippen LogP contribution in [0.5, 0.6) is 0 Å². The zero-order valence-electron chi connectivity index (χ0n) is 11.8. The van der Waals surface area contributed by atoms with Gasteiger partial charge in [-0.05, 0) is 37.1 Å². The van der Waals surface area contributed by atoms with Crippen LogP contribution in [0.15, 0.2) is 48.5 Å². The molecule has 0 aromatic heterocycles. The third-order valence-corrected chi connectivity index (χ3v) is 3.12. The molecule has 21 heavy (non-hydrogen) atoms. The van der Waals surface area contributed by atoms with Crippen molar-refractivity contribution in [3.8, 4) is 0 Å². The summed E-state index contributed by atoms with van der Waals surface area (Å²) >= 11 is 0. The fourth-order valence-corrected chi connectivity index (χ4v) is 2.08. The Kier molecular flexibility index (Phi) is 4.72. The van der Waals surface area contributed by atoms with Crippen LogP contribution in [0, 0.1) is 6.92 Å². The van der Waals surface area contributed by atoms with Gasteiger partial charge in [-0.25, -0.2) is 4.79 Å². The highest BCUT2D eigenvalue weighted by Crippen LogP contribution is 2.12. The second kappa shape index (κ2) is 6.70. The molecule has 0 atom stereocenters. The number of carbonyl (C=O) groups is 2. The number of hydrogen-bond donors (Lipinski definition) is 2. The van der Waals surface area contributed by atoms with Gasteiger partial charge >= 0.3 is 5.97 Å². The minimum absolute atomic E-state index is 0.126. The van der Waals surface area contributed by atoms with E-state index in [1.807, 2.05) is 25.1 Å². The van der Waals surface area contributed by atoms with Crippen molar-refractivity contribution in [1.29, 1.82) is 0 Å². The molecule has 0 spiro atoms. The van der Waals surface area contributed by atoms with Crippen molar-refractivity contribution in [2.24, 2.45) is 0 Å². The maximum atomic E-state index is 11.9. The molecule has 0 bridgehead atoms. The lowest BCUT2D eigenvalue weighted by atomic mass is 10.1. The Morgan fingerprint density at radius 1 is 1.10 bits per heavy atom. The number of aryl methyl sites for hydroxylation is 2. The van der Waals surface area contributed by atoms with Gasteiger partial charge in [0.15, 0.2) is 0 Å². The van der Waals surface area contributed by atoms with Gasteiger partial charge in [0.05, 0.1) is 5.56 Å². The summed E-state index contributed by atoms with van der Waals surface area (Å²) in [6.45, 7) is 2.01. The van der Waals surface area contributed by atoms with Crippen molar-refractivity contribution in [1.82, 2.24) is 0 Å². The first-order valence-corrected chi connectivity index (χ1v) is 6.73. The molecule has 108 valence electrons. The van der Waals surface area contributed by atoms with Gasteiger partial charge in [0, 0.05) is 12.1 Å². The number of rotatable bonds is 5. The van der Waals surface area contributed by atoms with E-state index in [1.165, 1.54) is 17.7 Å². The molecule has 0 saturated carbocycles. The molecule has 0 fully saturated rings. The molecule has 0 aliphatic carbocycles. The average molecular weight is 283 g/mol. The lowest BCUT2D eigenvalue weighted by Crippen LogP contribution is -2.12. The molecule has 0 unspecified atom stereocenters. The average Bonchev–Trinajstić information content (AvgIpc) is 2.45. The molecule has 0 aliphatic rings. The van der Waals surface area contributed by atoms with E-state index in [4.69, 9.17) is 5.11 Å². The maximum absolute atomic E-state index is 11.9. The fraction of sp³-hybridized carbons (Fsp3) is 0.176. The summed E-state index contributed by atoms with van der Waals surface area (Å²) in [4.78, 5) is 22.8. The first kappa shape index (κ1) is 14.8. The highest BCUT2D eigenvalue weighted by Gasteiger charge is 2.06. The molecular formula is C17H17NO3. The van der Waals surface area contributed by atoms with Crippen molar-refractivity contribution in [3.63, 3.8) is 0 Å². The molecule has 0 heterocycles. The summed E-state index contributed by atoms with van der Waals surface area (Å²) in [7, 11) is 0. The zero-order chi connectivity index (χ0) is 15.2. The minimum Gasteiger partial charge on any atom is -0.478 e. The quantitative estimate of drug-likeness (QED) is 0.885. The van der Waals surface area contributed by atoms with E-state index in [0.29, 0.717) is 18.5 Å². The molecule has 0 saturated heterocycles. The Morgan fingerprint density at radius 3 is 2.57 bits per heavy atom. The number of carboxylic acid groups (broad SMARTS) is 1. The zero-order valence-corrected chi connectivity index (χ0v) is 11.8. The molecule has 2 N–H and O–H groups in total. The van der Waals surface area contributed by atoms with E-state index in [-0.39, 0.29) is 11.5 Å². The molecular weight excluding hydrogens is 266 g/mol. The summed E-state index contributed by atoms with van der Waals surface area (Å²) in [5.74, 6) is -1.13. The van der Waals surface area contributed by atoms with Crippen molar-refractivity contribution >= 4 is 17.6 Å². The molecule has 4 nitrogen and oxygen atoms in total. The number of anilines is 1. The van der Waals surface area contributed by atoms with E-state index in [2.05, 4.69) is 11.4 Å². The second-order valence-corrected chi connectivity index (χ2v) is 4.92. The van der Waals surface area contributed by atoms with Crippen molar-refractivity contribution in [2.45, 2.75) is 19.8 Å². The summed E-state index contributed by atoms with van der Waals surface area (Å²) in [6.07, 6.45) is 1.02. The molecule has 1 amide bonds. The van der Waals surface area contributed by atoms with Crippen molar-refractivity contribution in [2.75, 3.05) is 5.32 Å². The maximum Gasteiger partial charge on any atom is 0.335 e. The number of aromatic carboxylic acids is 1. The van der Waals surface area contributed by atoms with Crippen LogP contribution in [0.3, 0.4) is 0 Å². The van der Waals surface area contributed by atoms with E-state index < -0.39 is 5.97 Å². The van der Waals surface area contributed by atoms with Gasteiger partial charge in [0.1, 0.15) is 0 Å². The molecule has 2 rings (SSSR count). The first-order chi connectivity index (χ1) is 10.0. The third kappa shape index (κ3) is 4.45. The first-order valence-electron chi connectivity index (χ1n) is 6.73. The highest BCUT2D eigenvalue weighted by molar-refractivity contribution is 5.93. The Hall–Kier alpha value is -2.62. The Labute approximate surface area is 123 Å². The van der Waals surface area contributed by atoms with E-state index in [1.54, 1.807) is 12.1 Å². The molecule has 2 aromatic carbocycles. The summed E-state index contributed by atoms with van der Waals surface area (Å²) in [5, 5.41) is 11.6. The minimum atomic E-state index is -1.01. The normalized spacial score (nSPS) is 10.1. The highest BCUT2D eigenvalue weighted by atomic mass is 16.4. The number of nitrogens with one attached hydrogen (secondary N) is 1. The van der Waals surface area contributed by atoms with E-state index >= 15 is 0 Å². The topological polar surface area (TPSA) is 66.4 Å². The van der Waals surface area contributed by atoms with Gasteiger partial charge in [-0.3, -0.25) is 4.79 Å². The smallest absolute Gasteiger partial charge is 0.335 e. The van der Waals surface area contributed by atoms with E-state index in [9.17, 15) is 9.59 Å². The summed E-state index contributed by atoms with van der Waals surface area (Å²) < 4.78 is 0. The van der Waals surface area contributed by atoms with Crippen LogP contribution in [0.2, 0.25) is 0 Å². The standard InChI is InChI=1S/C17H17NO3/c1-12-4-2-5-13(10-12)8-9-16(19)18-15-7-3-6-14(11-15)17(20)21/h2-7,10-11H,8-9H2,1H3,(H,18,19)(H,20,21). The van der Waals surface area contributed by atoms with Crippen LogP contribution in [0.4, 0.5) is 5.69 Å². The van der Waals surface area contributed by atoms with Crippen molar-refractivity contribution < 1.29 is 14.7 Å². The monoisotopic (exact) mass is 283 g/mol. The van der Waals surface area contributed by atoms with Crippen LogP contribution in [0.1, 0.15) is 27.9 Å². The van der Waals surface area contributed by atoms with Gasteiger partial charge in [0.25, 0.3) is 0 Å². The Morgan fingerprint density at radius 2 is 1.86 bits per heavy atom. The SMILES string of the molecule is Cc1cccc(CCC(=O)Nc2cccc(C(=O)O)c2)c1. The second-order valence-electron chi connectivity index (χ2n) is 4.92. The van der Waals surface area contributed by atoms with Gasteiger partial charge in [-0.2, -0.15) is 0 Å². The number of amides is 1. The number of benzene rings is 2. The molecule has 0 radical (unpaired) electrons. The largest absolute Gasteiger partial charge is 0.478 e. The lowest BCUT2D eigenvalue weighted by Gasteiger charge is -2.06. The third-order valence-electron chi connectivity index (χ3n) is 3.12. The van der Waals surface area contributed by atoms with Gasteiger partial charge in [-0.1, -0.05) is 35.9 Å². The molecule has 4 heteroatoms. The van der Waals surface area contributed by atoms with E-state index in [0.717, 1.165) is 5.56 Å². The lowest BCUT2D eigenvalue weighted by molar-refractivity contribution is -0.116. The van der Waals surface area contributed by atoms with Crippen molar-refractivity contribution in [3.05, 3.63) is 65.2 Å². The van der Waals surface area contributed by atoms with Gasteiger partial charge in [-0.15, -0.1) is 0 Å². The fourth-order valence-electron chi connectivity index (χ4n) is 2.08. The van der Waals surface area contributed by atoms with Gasteiger partial charge in [0.2, 0.25) is 5.91 Å². The summed E-state index contributed by atoms with van der Waals surface area (Å²) in [5.41, 5.74) is 2.95. The number of carbonyl (C=O) groups excluding carboxylic acids is 1. The van der Waals surface area contributed by atoms with Crippen LogP contribution >= 0.6 is 0 Å². The van der Waals surface area contributed by atoms with Crippen LogP contribution in [-0.2, 0) is 11.2 Å². The summed E-state index contributed by atoms with van der Waals surface area (Å²) in [6, 6.07) is 14.3. The molecule has 0 aliphatic heterocycles. The van der Waals surface area contributed by atoms with Crippen LogP contribution in [-0.4, -0.2) is 17.0 Å². The van der Waals surface area contributed by atoms with Crippen LogP contribution in [0.25, 0.3) is 0 Å². The Balaban J connectivity index is 1.93. The van der Waals surface area contributed by atoms with Gasteiger partial charge < -0.3 is 10.4 Å². The molecule has 2 aromatic rings. The Bertz CT molecular complexity index is 665.